The predicted octanol–water partition coefficient (Wildman–Crippen LogP) is 2.42. The number of carbonyl (C=O) groups is 2. The first-order chi connectivity index (χ1) is 13.0. The van der Waals surface area contributed by atoms with Crippen molar-refractivity contribution in [3.05, 3.63) is 29.8 Å². The van der Waals surface area contributed by atoms with Gasteiger partial charge < -0.3 is 15.2 Å². The summed E-state index contributed by atoms with van der Waals surface area (Å²) in [5, 5.41) is 14.6. The highest BCUT2D eigenvalue weighted by Gasteiger charge is 2.26. The van der Waals surface area contributed by atoms with E-state index in [0.29, 0.717) is 12.8 Å². The van der Waals surface area contributed by atoms with Gasteiger partial charge in [0.25, 0.3) is 0 Å². The molecule has 8 heteroatoms. The van der Waals surface area contributed by atoms with Crippen LogP contribution < -0.4 is 15.5 Å². The largest absolute Gasteiger partial charge is 0.496 e. The van der Waals surface area contributed by atoms with E-state index in [4.69, 9.17) is 9.84 Å². The molecule has 0 amide bonds. The molecule has 0 aliphatic carbocycles. The maximum absolute atomic E-state index is 12.5. The number of carboxylic acids is 1. The number of ether oxygens (including phenoxy) is 1. The minimum absolute atomic E-state index is 0. The fourth-order valence-electron chi connectivity index (χ4n) is 3.30. The van der Waals surface area contributed by atoms with E-state index in [-0.39, 0.29) is 36.7 Å². The van der Waals surface area contributed by atoms with Gasteiger partial charge in [-0.2, -0.15) is 0 Å². The molecule has 0 radical (unpaired) electrons. The number of ketones is 1. The van der Waals surface area contributed by atoms with Crippen LogP contribution in [0.15, 0.2) is 24.3 Å². The van der Waals surface area contributed by atoms with Gasteiger partial charge in [0.1, 0.15) is 5.75 Å². The molecular formula is C20H32ClN3O4. The Morgan fingerprint density at radius 2 is 2.11 bits per heavy atom. The molecule has 3 N–H and O–H groups in total. The number of hydrogen-bond donors (Lipinski definition) is 3. The Morgan fingerprint density at radius 3 is 2.75 bits per heavy atom. The maximum atomic E-state index is 12.5. The second-order valence-electron chi connectivity index (χ2n) is 7.03. The number of nitrogens with zero attached hydrogens (tertiary/aromatic N) is 1. The molecule has 28 heavy (non-hydrogen) atoms. The lowest BCUT2D eigenvalue weighted by atomic mass is 9.99. The van der Waals surface area contributed by atoms with Gasteiger partial charge in [-0.05, 0) is 18.9 Å². The van der Waals surface area contributed by atoms with E-state index in [1.165, 1.54) is 0 Å². The predicted molar refractivity (Wildman–Crippen MR) is 111 cm³/mol. The SMILES string of the molecule is CCC(NN1CCNC(c2ccccc2OC)C1)C(=O)CCC(C)C(=O)O.Cl. The Bertz CT molecular complexity index is 644. The number of Topliss-reactive ketones (excluding diaryl/α,β-unsaturated/α-hetero) is 1. The summed E-state index contributed by atoms with van der Waals surface area (Å²) in [6, 6.07) is 7.77. The summed E-state index contributed by atoms with van der Waals surface area (Å²) >= 11 is 0. The molecule has 0 saturated carbocycles. The summed E-state index contributed by atoms with van der Waals surface area (Å²) < 4.78 is 5.47. The quantitative estimate of drug-likeness (QED) is 0.542. The maximum Gasteiger partial charge on any atom is 0.306 e. The van der Waals surface area contributed by atoms with Crippen LogP contribution in [0.25, 0.3) is 0 Å². The number of halogens is 1. The van der Waals surface area contributed by atoms with Gasteiger partial charge in [0.05, 0.1) is 25.1 Å². The minimum atomic E-state index is -0.856. The van der Waals surface area contributed by atoms with Gasteiger partial charge in [0.2, 0.25) is 0 Å². The number of hydrogen-bond acceptors (Lipinski definition) is 6. The lowest BCUT2D eigenvalue weighted by Crippen LogP contribution is -2.56. The van der Waals surface area contributed by atoms with Gasteiger partial charge in [0.15, 0.2) is 5.78 Å². The van der Waals surface area contributed by atoms with Crippen molar-refractivity contribution in [1.82, 2.24) is 15.8 Å². The molecule has 1 aromatic carbocycles. The molecule has 1 heterocycles. The van der Waals surface area contributed by atoms with Crippen molar-refractivity contribution in [1.29, 1.82) is 0 Å². The number of benzene rings is 1. The number of hydrazine groups is 1. The third-order valence-electron chi connectivity index (χ3n) is 5.07. The molecule has 7 nitrogen and oxygen atoms in total. The van der Waals surface area contributed by atoms with Gasteiger partial charge in [-0.25, -0.2) is 10.4 Å². The summed E-state index contributed by atoms with van der Waals surface area (Å²) in [7, 11) is 1.67. The highest BCUT2D eigenvalue weighted by atomic mass is 35.5. The van der Waals surface area contributed by atoms with Crippen LogP contribution in [0.1, 0.15) is 44.7 Å². The second kappa shape index (κ2) is 12.0. The van der Waals surface area contributed by atoms with Crippen LogP contribution >= 0.6 is 12.4 Å². The first-order valence-electron chi connectivity index (χ1n) is 9.59. The second-order valence-corrected chi connectivity index (χ2v) is 7.03. The van der Waals surface area contributed by atoms with E-state index >= 15 is 0 Å². The summed E-state index contributed by atoms with van der Waals surface area (Å²) in [4.78, 5) is 23.4. The smallest absolute Gasteiger partial charge is 0.306 e. The summed E-state index contributed by atoms with van der Waals surface area (Å²) in [5.74, 6) is -0.438. The molecule has 0 aromatic heterocycles. The van der Waals surface area contributed by atoms with E-state index in [1.54, 1.807) is 14.0 Å². The van der Waals surface area contributed by atoms with Crippen molar-refractivity contribution in [2.75, 3.05) is 26.7 Å². The lowest BCUT2D eigenvalue weighted by Gasteiger charge is -2.36. The van der Waals surface area contributed by atoms with E-state index in [1.807, 2.05) is 25.1 Å². The molecule has 0 bridgehead atoms. The molecule has 1 aliphatic rings. The molecule has 1 saturated heterocycles. The number of carboxylic acid groups (broad SMARTS) is 1. The van der Waals surface area contributed by atoms with E-state index in [2.05, 4.69) is 21.8 Å². The average molecular weight is 414 g/mol. The molecule has 0 spiro atoms. The Labute approximate surface area is 173 Å². The van der Waals surface area contributed by atoms with E-state index in [0.717, 1.165) is 30.9 Å². The van der Waals surface area contributed by atoms with Crippen LogP contribution in [0.3, 0.4) is 0 Å². The monoisotopic (exact) mass is 413 g/mol. The topological polar surface area (TPSA) is 90.9 Å². The normalized spacial score (nSPS) is 19.3. The molecule has 2 rings (SSSR count). The van der Waals surface area contributed by atoms with Gasteiger partial charge in [-0.15, -0.1) is 12.4 Å². The van der Waals surface area contributed by atoms with Crippen LogP contribution in [-0.2, 0) is 9.59 Å². The van der Waals surface area contributed by atoms with Gasteiger partial charge >= 0.3 is 5.97 Å². The van der Waals surface area contributed by atoms with Crippen molar-refractivity contribution in [2.24, 2.45) is 5.92 Å². The van der Waals surface area contributed by atoms with Crippen LogP contribution in [0.4, 0.5) is 0 Å². The lowest BCUT2D eigenvalue weighted by molar-refractivity contribution is -0.141. The van der Waals surface area contributed by atoms with Crippen molar-refractivity contribution in [3.8, 4) is 5.75 Å². The Hall–Kier alpha value is -1.67. The molecule has 3 atom stereocenters. The fourth-order valence-corrected chi connectivity index (χ4v) is 3.30. The van der Waals surface area contributed by atoms with Crippen LogP contribution in [-0.4, -0.2) is 54.7 Å². The number of methoxy groups -OCH3 is 1. The zero-order chi connectivity index (χ0) is 19.8. The minimum Gasteiger partial charge on any atom is -0.496 e. The molecule has 1 aromatic rings. The van der Waals surface area contributed by atoms with Crippen LogP contribution in [0.5, 0.6) is 5.75 Å². The van der Waals surface area contributed by atoms with Crippen molar-refractivity contribution < 1.29 is 19.4 Å². The Kier molecular flexibility index (Phi) is 10.5. The fraction of sp³-hybridized carbons (Fsp3) is 0.600. The van der Waals surface area contributed by atoms with Crippen molar-refractivity contribution in [3.63, 3.8) is 0 Å². The first-order valence-corrected chi connectivity index (χ1v) is 9.59. The highest BCUT2D eigenvalue weighted by molar-refractivity contribution is 5.85. The number of rotatable bonds is 10. The molecule has 3 unspecified atom stereocenters. The van der Waals surface area contributed by atoms with E-state index < -0.39 is 11.9 Å². The summed E-state index contributed by atoms with van der Waals surface area (Å²) in [5.41, 5.74) is 4.45. The third kappa shape index (κ3) is 6.74. The zero-order valence-corrected chi connectivity index (χ0v) is 17.6. The number of para-hydroxylation sites is 1. The van der Waals surface area contributed by atoms with Gasteiger partial charge in [0, 0.05) is 31.6 Å². The highest BCUT2D eigenvalue weighted by Crippen LogP contribution is 2.26. The van der Waals surface area contributed by atoms with E-state index in [9.17, 15) is 9.59 Å². The summed E-state index contributed by atoms with van der Waals surface area (Å²) in [6.45, 7) is 5.92. The Balaban J connectivity index is 0.00000392. The zero-order valence-electron chi connectivity index (χ0n) is 16.8. The molecule has 1 fully saturated rings. The van der Waals surface area contributed by atoms with Crippen LogP contribution in [0, 0.1) is 5.92 Å². The number of piperazine rings is 1. The third-order valence-corrected chi connectivity index (χ3v) is 5.07. The van der Waals surface area contributed by atoms with Gasteiger partial charge in [-0.1, -0.05) is 32.0 Å². The van der Waals surface area contributed by atoms with Crippen molar-refractivity contribution in [2.45, 2.75) is 45.2 Å². The van der Waals surface area contributed by atoms with Crippen molar-refractivity contribution >= 4 is 24.2 Å². The first kappa shape index (κ1) is 24.4. The van der Waals surface area contributed by atoms with Gasteiger partial charge in [-0.3, -0.25) is 9.59 Å². The Morgan fingerprint density at radius 1 is 1.39 bits per heavy atom. The average Bonchev–Trinajstić information content (AvgIpc) is 2.69. The number of carbonyl (C=O) groups excluding carboxylic acids is 1. The number of nitrogens with one attached hydrogen (secondary N) is 2. The molecule has 158 valence electrons. The molecule has 1 aliphatic heterocycles. The molecular weight excluding hydrogens is 382 g/mol. The summed E-state index contributed by atoms with van der Waals surface area (Å²) in [6.07, 6.45) is 1.32. The standard InChI is InChI=1S/C20H31N3O4.ClH/c1-4-16(18(24)10-9-14(2)20(25)26)22-23-12-11-21-17(13-23)15-7-5-6-8-19(15)27-3;/h5-8,14,16-17,21-22H,4,9-13H2,1-3H3,(H,25,26);1H. The van der Waals surface area contributed by atoms with Crippen LogP contribution in [0.2, 0.25) is 0 Å². The number of aliphatic carboxylic acids is 1.